The van der Waals surface area contributed by atoms with Crippen LogP contribution in [-0.2, 0) is 9.84 Å². The van der Waals surface area contributed by atoms with Crippen molar-refractivity contribution < 1.29 is 8.42 Å². The fourth-order valence-electron chi connectivity index (χ4n) is 3.84. The van der Waals surface area contributed by atoms with Gasteiger partial charge in [0.15, 0.2) is 20.5 Å². The second-order valence-corrected chi connectivity index (χ2v) is 10.5. The van der Waals surface area contributed by atoms with Crippen LogP contribution >= 0.6 is 0 Å². The van der Waals surface area contributed by atoms with E-state index in [2.05, 4.69) is 34.6 Å². The summed E-state index contributed by atoms with van der Waals surface area (Å²) >= 11 is 0. The summed E-state index contributed by atoms with van der Waals surface area (Å²) in [7, 11) is -3.35. The van der Waals surface area contributed by atoms with Crippen molar-refractivity contribution in [3.63, 3.8) is 0 Å². The SMILES string of the molecule is CC(C)c1cnn2c(Nc3ccc(S(C)(=O)=O)nc3)cc(NC3CCC(N)CC3)nc12. The second-order valence-electron chi connectivity index (χ2n) is 8.55. The first-order valence-corrected chi connectivity index (χ1v) is 12.4. The average molecular weight is 444 g/mol. The Bertz CT molecular complexity index is 1160. The minimum absolute atomic E-state index is 0.0389. The van der Waals surface area contributed by atoms with Crippen molar-refractivity contribution in [2.24, 2.45) is 5.73 Å². The Labute approximate surface area is 182 Å². The van der Waals surface area contributed by atoms with Gasteiger partial charge in [-0.25, -0.2) is 18.4 Å². The number of nitrogens with two attached hydrogens (primary N) is 1. The van der Waals surface area contributed by atoms with E-state index in [-0.39, 0.29) is 17.0 Å². The Morgan fingerprint density at radius 1 is 1.16 bits per heavy atom. The lowest BCUT2D eigenvalue weighted by atomic mass is 9.92. The quantitative estimate of drug-likeness (QED) is 0.530. The number of hydrogen-bond donors (Lipinski definition) is 3. The summed E-state index contributed by atoms with van der Waals surface area (Å²) in [6, 6.07) is 5.73. The second kappa shape index (κ2) is 8.43. The van der Waals surface area contributed by atoms with E-state index in [0.717, 1.165) is 54.8 Å². The Kier molecular flexibility index (Phi) is 5.85. The third kappa shape index (κ3) is 4.80. The molecule has 0 unspecified atom stereocenters. The van der Waals surface area contributed by atoms with Gasteiger partial charge < -0.3 is 16.4 Å². The number of nitrogens with zero attached hydrogens (tertiary/aromatic N) is 4. The van der Waals surface area contributed by atoms with E-state index in [1.807, 2.05) is 12.3 Å². The Morgan fingerprint density at radius 2 is 1.90 bits per heavy atom. The molecule has 0 atom stereocenters. The van der Waals surface area contributed by atoms with Gasteiger partial charge in [-0.2, -0.15) is 9.61 Å². The van der Waals surface area contributed by atoms with Crippen molar-refractivity contribution in [2.45, 2.75) is 62.6 Å². The van der Waals surface area contributed by atoms with E-state index in [1.54, 1.807) is 10.6 Å². The molecular formula is C21H29N7O2S. The van der Waals surface area contributed by atoms with E-state index >= 15 is 0 Å². The fraction of sp³-hybridized carbons (Fsp3) is 0.476. The zero-order chi connectivity index (χ0) is 22.2. The van der Waals surface area contributed by atoms with Crippen molar-refractivity contribution in [3.05, 3.63) is 36.2 Å². The Hall–Kier alpha value is -2.72. The monoisotopic (exact) mass is 443 g/mol. The Morgan fingerprint density at radius 3 is 2.52 bits per heavy atom. The van der Waals surface area contributed by atoms with Crippen molar-refractivity contribution in [1.29, 1.82) is 0 Å². The molecule has 3 heterocycles. The number of hydrogen-bond acceptors (Lipinski definition) is 8. The van der Waals surface area contributed by atoms with Gasteiger partial charge in [0.1, 0.15) is 11.6 Å². The van der Waals surface area contributed by atoms with Crippen LogP contribution in [0.15, 0.2) is 35.6 Å². The number of rotatable bonds is 6. The average Bonchev–Trinajstić information content (AvgIpc) is 3.14. The van der Waals surface area contributed by atoms with Gasteiger partial charge in [-0.15, -0.1) is 0 Å². The molecule has 166 valence electrons. The maximum absolute atomic E-state index is 11.7. The summed E-state index contributed by atoms with van der Waals surface area (Å²) in [5.41, 5.74) is 8.55. The lowest BCUT2D eigenvalue weighted by Crippen LogP contribution is -2.33. The number of anilines is 3. The highest BCUT2D eigenvalue weighted by molar-refractivity contribution is 7.90. The maximum Gasteiger partial charge on any atom is 0.192 e. The summed E-state index contributed by atoms with van der Waals surface area (Å²) in [5, 5.41) is 11.4. The molecule has 0 radical (unpaired) electrons. The summed E-state index contributed by atoms with van der Waals surface area (Å²) in [6.07, 6.45) is 8.54. The molecule has 4 rings (SSSR count). The zero-order valence-corrected chi connectivity index (χ0v) is 18.9. The first kappa shape index (κ1) is 21.5. The van der Waals surface area contributed by atoms with E-state index < -0.39 is 9.84 Å². The van der Waals surface area contributed by atoms with Gasteiger partial charge >= 0.3 is 0 Å². The molecule has 0 aromatic carbocycles. The molecule has 10 heteroatoms. The third-order valence-corrected chi connectivity index (χ3v) is 6.63. The standard InChI is InChI=1S/C21H29N7O2S/c1-13(2)17-12-24-28-19(26-16-8-9-20(23-11-16)31(3,29)30)10-18(27-21(17)28)25-15-6-4-14(22)5-7-15/h8-15,26H,4-7,22H2,1-3H3,(H,25,27). The van der Waals surface area contributed by atoms with Gasteiger partial charge in [0.25, 0.3) is 0 Å². The van der Waals surface area contributed by atoms with Crippen LogP contribution < -0.4 is 16.4 Å². The molecule has 0 bridgehead atoms. The summed E-state index contributed by atoms with van der Waals surface area (Å²) in [4.78, 5) is 8.90. The number of fused-ring (bicyclic) bond motifs is 1. The maximum atomic E-state index is 11.7. The van der Waals surface area contributed by atoms with Crippen LogP contribution in [0.2, 0.25) is 0 Å². The summed E-state index contributed by atoms with van der Waals surface area (Å²) < 4.78 is 25.1. The van der Waals surface area contributed by atoms with Crippen LogP contribution in [0.5, 0.6) is 0 Å². The predicted molar refractivity (Wildman–Crippen MR) is 122 cm³/mol. The van der Waals surface area contributed by atoms with Crippen LogP contribution in [0.1, 0.15) is 51.0 Å². The van der Waals surface area contributed by atoms with E-state index in [1.165, 1.54) is 12.3 Å². The number of aromatic nitrogens is 4. The summed E-state index contributed by atoms with van der Waals surface area (Å²) in [5.74, 6) is 1.77. The highest BCUT2D eigenvalue weighted by Crippen LogP contribution is 2.28. The van der Waals surface area contributed by atoms with Crippen LogP contribution in [0.25, 0.3) is 5.65 Å². The van der Waals surface area contributed by atoms with E-state index in [9.17, 15) is 8.42 Å². The van der Waals surface area contributed by atoms with E-state index in [4.69, 9.17) is 10.7 Å². The topological polar surface area (TPSA) is 127 Å². The van der Waals surface area contributed by atoms with Crippen molar-refractivity contribution in [1.82, 2.24) is 19.6 Å². The minimum atomic E-state index is -3.35. The first-order chi connectivity index (χ1) is 14.7. The highest BCUT2D eigenvalue weighted by Gasteiger charge is 2.20. The van der Waals surface area contributed by atoms with Crippen LogP contribution in [-0.4, -0.2) is 46.3 Å². The Balaban J connectivity index is 1.67. The normalized spacial score (nSPS) is 19.6. The third-order valence-electron chi connectivity index (χ3n) is 5.63. The molecule has 0 amide bonds. The van der Waals surface area contributed by atoms with Gasteiger partial charge in [0, 0.05) is 30.0 Å². The molecule has 3 aromatic heterocycles. The van der Waals surface area contributed by atoms with Gasteiger partial charge in [0.05, 0.1) is 18.1 Å². The smallest absolute Gasteiger partial charge is 0.192 e. The van der Waals surface area contributed by atoms with Gasteiger partial charge in [-0.1, -0.05) is 13.8 Å². The zero-order valence-electron chi connectivity index (χ0n) is 18.0. The molecular weight excluding hydrogens is 414 g/mol. The molecule has 3 aromatic rings. The van der Waals surface area contributed by atoms with Crippen LogP contribution in [0.4, 0.5) is 17.3 Å². The van der Waals surface area contributed by atoms with E-state index in [0.29, 0.717) is 11.7 Å². The molecule has 1 aliphatic rings. The lowest BCUT2D eigenvalue weighted by Gasteiger charge is -2.27. The van der Waals surface area contributed by atoms with Crippen molar-refractivity contribution in [3.8, 4) is 0 Å². The van der Waals surface area contributed by atoms with Crippen molar-refractivity contribution >= 4 is 32.8 Å². The molecule has 0 saturated heterocycles. The molecule has 9 nitrogen and oxygen atoms in total. The largest absolute Gasteiger partial charge is 0.367 e. The fourth-order valence-corrected chi connectivity index (χ4v) is 4.40. The minimum Gasteiger partial charge on any atom is -0.367 e. The summed E-state index contributed by atoms with van der Waals surface area (Å²) in [6.45, 7) is 4.23. The molecule has 1 fully saturated rings. The number of pyridine rings is 1. The van der Waals surface area contributed by atoms with Gasteiger partial charge in [-0.3, -0.25) is 0 Å². The van der Waals surface area contributed by atoms with Gasteiger partial charge in [0.2, 0.25) is 0 Å². The molecule has 4 N–H and O–H groups in total. The predicted octanol–water partition coefficient (Wildman–Crippen LogP) is 3.08. The lowest BCUT2D eigenvalue weighted by molar-refractivity contribution is 0.410. The number of nitrogens with one attached hydrogen (secondary N) is 2. The van der Waals surface area contributed by atoms with Crippen LogP contribution in [0, 0.1) is 0 Å². The van der Waals surface area contributed by atoms with Crippen LogP contribution in [0.3, 0.4) is 0 Å². The highest BCUT2D eigenvalue weighted by atomic mass is 32.2. The molecule has 1 saturated carbocycles. The van der Waals surface area contributed by atoms with Gasteiger partial charge in [-0.05, 0) is 43.7 Å². The molecule has 0 spiro atoms. The molecule has 0 aliphatic heterocycles. The number of sulfone groups is 1. The molecule has 31 heavy (non-hydrogen) atoms. The van der Waals surface area contributed by atoms with Crippen molar-refractivity contribution in [2.75, 3.05) is 16.9 Å². The first-order valence-electron chi connectivity index (χ1n) is 10.5. The molecule has 1 aliphatic carbocycles.